The molecule has 0 atom stereocenters. The second-order valence-corrected chi connectivity index (χ2v) is 4.42. The molecule has 1 heterocycles. The molecule has 88 valence electrons. The molecule has 0 amide bonds. The van der Waals surface area contributed by atoms with Gasteiger partial charge in [0.1, 0.15) is 12.0 Å². The van der Waals surface area contributed by atoms with Crippen molar-refractivity contribution in [2.75, 3.05) is 5.32 Å². The first-order valence-corrected chi connectivity index (χ1v) is 5.33. The Bertz CT molecular complexity index is 360. The zero-order valence-corrected chi connectivity index (χ0v) is 9.86. The van der Waals surface area contributed by atoms with Gasteiger partial charge in [0.2, 0.25) is 0 Å². The Morgan fingerprint density at radius 1 is 1.50 bits per heavy atom. The van der Waals surface area contributed by atoms with Crippen molar-refractivity contribution < 1.29 is 4.92 Å². The third-order valence-corrected chi connectivity index (χ3v) is 2.30. The second kappa shape index (κ2) is 4.92. The Kier molecular flexibility index (Phi) is 3.82. The molecule has 0 aliphatic carbocycles. The molecule has 0 unspecified atom stereocenters. The molecule has 0 aromatic carbocycles. The number of pyridine rings is 1. The molecular formula is C11H17N3O2. The monoisotopic (exact) mass is 223 g/mol. The van der Waals surface area contributed by atoms with Gasteiger partial charge < -0.3 is 5.32 Å². The van der Waals surface area contributed by atoms with Crippen LogP contribution < -0.4 is 5.32 Å². The molecular weight excluding hydrogens is 206 g/mol. The maximum Gasteiger partial charge on any atom is 0.287 e. The first-order valence-electron chi connectivity index (χ1n) is 5.33. The molecule has 0 radical (unpaired) electrons. The predicted octanol–water partition coefficient (Wildman–Crippen LogP) is 2.98. The molecule has 0 saturated heterocycles. The zero-order chi connectivity index (χ0) is 12.2. The maximum atomic E-state index is 10.4. The van der Waals surface area contributed by atoms with Crippen LogP contribution in [0.2, 0.25) is 0 Å². The van der Waals surface area contributed by atoms with Crippen molar-refractivity contribution in [1.29, 1.82) is 0 Å². The molecule has 1 rings (SSSR count). The van der Waals surface area contributed by atoms with E-state index in [1.165, 1.54) is 12.3 Å². The van der Waals surface area contributed by atoms with E-state index in [0.717, 1.165) is 12.8 Å². The maximum absolute atomic E-state index is 10.4. The van der Waals surface area contributed by atoms with Crippen LogP contribution >= 0.6 is 0 Å². The van der Waals surface area contributed by atoms with Crippen molar-refractivity contribution in [1.82, 2.24) is 4.98 Å². The van der Waals surface area contributed by atoms with Gasteiger partial charge in [-0.3, -0.25) is 10.1 Å². The minimum Gasteiger partial charge on any atom is -0.365 e. The van der Waals surface area contributed by atoms with E-state index in [2.05, 4.69) is 31.1 Å². The lowest BCUT2D eigenvalue weighted by Gasteiger charge is -2.26. The lowest BCUT2D eigenvalue weighted by molar-refractivity contribution is -0.385. The number of anilines is 1. The van der Waals surface area contributed by atoms with Crippen molar-refractivity contribution in [3.63, 3.8) is 0 Å². The first kappa shape index (κ1) is 12.4. The Morgan fingerprint density at radius 3 is 2.62 bits per heavy atom. The van der Waals surface area contributed by atoms with Crippen LogP contribution in [0.3, 0.4) is 0 Å². The summed E-state index contributed by atoms with van der Waals surface area (Å²) in [6.45, 7) is 6.28. The lowest BCUT2D eigenvalue weighted by Crippen LogP contribution is -2.30. The van der Waals surface area contributed by atoms with Gasteiger partial charge in [0.15, 0.2) is 0 Å². The molecule has 1 aromatic rings. The quantitative estimate of drug-likeness (QED) is 0.615. The summed E-state index contributed by atoms with van der Waals surface area (Å²) in [5.74, 6) is 0.670. The summed E-state index contributed by atoms with van der Waals surface area (Å²) in [5.41, 5.74) is -0.0309. The zero-order valence-electron chi connectivity index (χ0n) is 9.86. The van der Waals surface area contributed by atoms with E-state index in [-0.39, 0.29) is 11.2 Å². The summed E-state index contributed by atoms with van der Waals surface area (Å²) in [6, 6.07) is 3.09. The standard InChI is InChI=1S/C11H17N3O2/c1-4-7-11(2,3)13-10-6-5-9(8-12-10)14(15)16/h5-6,8H,4,7H2,1-3H3,(H,12,13). The number of nitrogens with zero attached hydrogens (tertiary/aromatic N) is 2. The Labute approximate surface area is 95.0 Å². The fraction of sp³-hybridized carbons (Fsp3) is 0.545. The van der Waals surface area contributed by atoms with Gasteiger partial charge in [-0.2, -0.15) is 0 Å². The summed E-state index contributed by atoms with van der Waals surface area (Å²) in [4.78, 5) is 14.0. The highest BCUT2D eigenvalue weighted by Crippen LogP contribution is 2.19. The highest BCUT2D eigenvalue weighted by molar-refractivity contribution is 5.41. The van der Waals surface area contributed by atoms with Crippen LogP contribution in [0, 0.1) is 10.1 Å². The molecule has 0 bridgehead atoms. The molecule has 5 nitrogen and oxygen atoms in total. The van der Waals surface area contributed by atoms with E-state index < -0.39 is 4.92 Å². The molecule has 0 fully saturated rings. The minimum atomic E-state index is -0.450. The third-order valence-electron chi connectivity index (χ3n) is 2.30. The number of rotatable bonds is 5. The van der Waals surface area contributed by atoms with E-state index >= 15 is 0 Å². The van der Waals surface area contributed by atoms with Gasteiger partial charge in [-0.25, -0.2) is 4.98 Å². The van der Waals surface area contributed by atoms with Crippen molar-refractivity contribution >= 4 is 11.5 Å². The van der Waals surface area contributed by atoms with Crippen molar-refractivity contribution in [3.8, 4) is 0 Å². The molecule has 1 aromatic heterocycles. The van der Waals surface area contributed by atoms with Crippen LogP contribution in [0.25, 0.3) is 0 Å². The minimum absolute atomic E-state index is 0.0128. The highest BCUT2D eigenvalue weighted by Gasteiger charge is 2.16. The van der Waals surface area contributed by atoms with E-state index in [1.54, 1.807) is 6.07 Å². The van der Waals surface area contributed by atoms with Crippen LogP contribution in [-0.4, -0.2) is 15.4 Å². The van der Waals surface area contributed by atoms with Gasteiger partial charge in [0, 0.05) is 11.6 Å². The van der Waals surface area contributed by atoms with E-state index in [1.807, 2.05) is 0 Å². The number of nitro groups is 1. The fourth-order valence-electron chi connectivity index (χ4n) is 1.60. The molecule has 0 saturated carbocycles. The highest BCUT2D eigenvalue weighted by atomic mass is 16.6. The van der Waals surface area contributed by atoms with Gasteiger partial charge >= 0.3 is 0 Å². The van der Waals surface area contributed by atoms with Crippen molar-refractivity contribution in [2.45, 2.75) is 39.2 Å². The molecule has 0 spiro atoms. The van der Waals surface area contributed by atoms with E-state index in [4.69, 9.17) is 0 Å². The Hall–Kier alpha value is -1.65. The summed E-state index contributed by atoms with van der Waals surface area (Å²) >= 11 is 0. The molecule has 1 N–H and O–H groups in total. The summed E-state index contributed by atoms with van der Waals surface area (Å²) in [7, 11) is 0. The van der Waals surface area contributed by atoms with Crippen molar-refractivity contribution in [3.05, 3.63) is 28.4 Å². The van der Waals surface area contributed by atoms with Crippen LogP contribution in [0.5, 0.6) is 0 Å². The van der Waals surface area contributed by atoms with Gasteiger partial charge in [-0.1, -0.05) is 13.3 Å². The van der Waals surface area contributed by atoms with Crippen LogP contribution in [0.15, 0.2) is 18.3 Å². The summed E-state index contributed by atoms with van der Waals surface area (Å²) in [5, 5.41) is 13.7. The normalized spacial score (nSPS) is 11.2. The smallest absolute Gasteiger partial charge is 0.287 e. The number of hydrogen-bond donors (Lipinski definition) is 1. The fourth-order valence-corrected chi connectivity index (χ4v) is 1.60. The largest absolute Gasteiger partial charge is 0.365 e. The number of aromatic nitrogens is 1. The van der Waals surface area contributed by atoms with E-state index in [9.17, 15) is 10.1 Å². The number of nitrogens with one attached hydrogen (secondary N) is 1. The third kappa shape index (κ3) is 3.49. The SMILES string of the molecule is CCCC(C)(C)Nc1ccc([N+](=O)[O-])cn1. The van der Waals surface area contributed by atoms with Gasteiger partial charge in [-0.05, 0) is 26.3 Å². The Morgan fingerprint density at radius 2 is 2.19 bits per heavy atom. The molecule has 5 heteroatoms. The van der Waals surface area contributed by atoms with Gasteiger partial charge in [0.05, 0.1) is 4.92 Å². The summed E-state index contributed by atoms with van der Waals surface area (Å²) in [6.07, 6.45) is 3.36. The molecule has 0 aliphatic rings. The molecule has 0 aliphatic heterocycles. The number of hydrogen-bond acceptors (Lipinski definition) is 4. The average Bonchev–Trinajstić information content (AvgIpc) is 2.17. The second-order valence-electron chi connectivity index (χ2n) is 4.42. The van der Waals surface area contributed by atoms with Crippen LogP contribution in [-0.2, 0) is 0 Å². The van der Waals surface area contributed by atoms with Crippen LogP contribution in [0.4, 0.5) is 11.5 Å². The van der Waals surface area contributed by atoms with Gasteiger partial charge in [0.25, 0.3) is 5.69 Å². The first-order chi connectivity index (χ1) is 7.44. The van der Waals surface area contributed by atoms with Crippen molar-refractivity contribution in [2.24, 2.45) is 0 Å². The summed E-state index contributed by atoms with van der Waals surface area (Å²) < 4.78 is 0. The average molecular weight is 223 g/mol. The Balaban J connectivity index is 2.72. The topological polar surface area (TPSA) is 68.1 Å². The van der Waals surface area contributed by atoms with Crippen LogP contribution in [0.1, 0.15) is 33.6 Å². The van der Waals surface area contributed by atoms with Gasteiger partial charge in [-0.15, -0.1) is 0 Å². The molecule has 16 heavy (non-hydrogen) atoms. The predicted molar refractivity (Wildman–Crippen MR) is 63.5 cm³/mol. The van der Waals surface area contributed by atoms with E-state index in [0.29, 0.717) is 5.82 Å². The lowest BCUT2D eigenvalue weighted by atomic mass is 9.99.